The second kappa shape index (κ2) is 3.14. The Bertz CT molecular complexity index is 316. The van der Waals surface area contributed by atoms with E-state index >= 15 is 0 Å². The number of hydrogen-bond donors (Lipinski definition) is 3. The van der Waals surface area contributed by atoms with Gasteiger partial charge in [0.1, 0.15) is 5.82 Å². The van der Waals surface area contributed by atoms with E-state index in [1.807, 2.05) is 0 Å². The normalized spacial score (nSPS) is 22.0. The number of nitrogens with zero attached hydrogens (tertiary/aromatic N) is 2. The van der Waals surface area contributed by atoms with Crippen LogP contribution in [-0.2, 0) is 0 Å². The maximum Gasteiger partial charge on any atom is 0.375 e. The van der Waals surface area contributed by atoms with Crippen LogP contribution in [0.5, 0.6) is 0 Å². The van der Waals surface area contributed by atoms with E-state index in [-0.39, 0.29) is 11.9 Å². The van der Waals surface area contributed by atoms with Gasteiger partial charge in [0.15, 0.2) is 0 Å². The fraction of sp³-hybridized carbons (Fsp3) is 0.571. The van der Waals surface area contributed by atoms with E-state index in [0.717, 1.165) is 19.4 Å². The molecule has 0 amide bonds. The van der Waals surface area contributed by atoms with Crippen molar-refractivity contribution in [2.24, 2.45) is 0 Å². The number of carbonyl (C=O) groups is 1. The molecule has 0 unspecified atom stereocenters. The van der Waals surface area contributed by atoms with E-state index in [1.165, 1.54) is 0 Å². The van der Waals surface area contributed by atoms with Crippen LogP contribution in [0.15, 0.2) is 0 Å². The van der Waals surface area contributed by atoms with Crippen LogP contribution in [0.4, 0.5) is 0 Å². The molecule has 0 spiro atoms. The molecule has 1 aliphatic rings. The van der Waals surface area contributed by atoms with Crippen molar-refractivity contribution in [3.8, 4) is 0 Å². The second-order valence-corrected chi connectivity index (χ2v) is 3.00. The topological polar surface area (TPSA) is 90.9 Å². The van der Waals surface area contributed by atoms with E-state index in [4.69, 9.17) is 5.11 Å². The molecule has 1 aromatic heterocycles. The first-order valence-electron chi connectivity index (χ1n) is 4.16. The average molecular weight is 182 g/mol. The van der Waals surface area contributed by atoms with Gasteiger partial charge in [0, 0.05) is 0 Å². The molecule has 2 rings (SSSR count). The maximum absolute atomic E-state index is 10.5. The molecule has 1 saturated heterocycles. The highest BCUT2D eigenvalue weighted by molar-refractivity contribution is 5.82. The van der Waals surface area contributed by atoms with Crippen molar-refractivity contribution in [3.05, 3.63) is 11.6 Å². The number of aromatic carboxylic acids is 1. The number of H-pyrrole nitrogens is 1. The molecule has 6 heteroatoms. The molecule has 0 radical (unpaired) electrons. The van der Waals surface area contributed by atoms with E-state index < -0.39 is 5.97 Å². The van der Waals surface area contributed by atoms with Crippen molar-refractivity contribution in [1.29, 1.82) is 0 Å². The van der Waals surface area contributed by atoms with Gasteiger partial charge in [0.05, 0.1) is 6.04 Å². The summed E-state index contributed by atoms with van der Waals surface area (Å²) in [6.07, 6.45) is 2.07. The molecule has 70 valence electrons. The van der Waals surface area contributed by atoms with Crippen LogP contribution in [0.3, 0.4) is 0 Å². The molecule has 1 fully saturated rings. The van der Waals surface area contributed by atoms with Crippen molar-refractivity contribution < 1.29 is 9.90 Å². The first-order chi connectivity index (χ1) is 6.27. The predicted octanol–water partition coefficient (Wildman–Crippen LogP) is -0.0726. The summed E-state index contributed by atoms with van der Waals surface area (Å²) in [6.45, 7) is 0.952. The van der Waals surface area contributed by atoms with Crippen LogP contribution in [0.2, 0.25) is 0 Å². The number of aromatic nitrogens is 3. The Morgan fingerprint density at radius 3 is 3.00 bits per heavy atom. The van der Waals surface area contributed by atoms with Crippen LogP contribution in [-0.4, -0.2) is 32.8 Å². The monoisotopic (exact) mass is 182 g/mol. The van der Waals surface area contributed by atoms with Crippen LogP contribution in [0, 0.1) is 0 Å². The second-order valence-electron chi connectivity index (χ2n) is 3.00. The molecule has 0 bridgehead atoms. The zero-order chi connectivity index (χ0) is 9.26. The van der Waals surface area contributed by atoms with Crippen LogP contribution in [0.25, 0.3) is 0 Å². The minimum atomic E-state index is -1.10. The van der Waals surface area contributed by atoms with Gasteiger partial charge in [-0.25, -0.2) is 9.78 Å². The minimum Gasteiger partial charge on any atom is -0.475 e. The summed E-state index contributed by atoms with van der Waals surface area (Å²) in [6, 6.07) is 0.139. The molecule has 2 heterocycles. The fourth-order valence-corrected chi connectivity index (χ4v) is 1.44. The molecule has 6 nitrogen and oxygen atoms in total. The summed E-state index contributed by atoms with van der Waals surface area (Å²) >= 11 is 0. The van der Waals surface area contributed by atoms with Gasteiger partial charge in [-0.2, -0.15) is 0 Å². The number of aromatic amines is 1. The van der Waals surface area contributed by atoms with Gasteiger partial charge in [-0.1, -0.05) is 0 Å². The molecular formula is C7H10N4O2. The number of nitrogens with one attached hydrogen (secondary N) is 2. The summed E-state index contributed by atoms with van der Waals surface area (Å²) in [5, 5.41) is 18.0. The van der Waals surface area contributed by atoms with Crippen LogP contribution >= 0.6 is 0 Å². The quantitative estimate of drug-likeness (QED) is 0.595. The lowest BCUT2D eigenvalue weighted by Crippen LogP contribution is -2.14. The zero-order valence-corrected chi connectivity index (χ0v) is 6.95. The first kappa shape index (κ1) is 8.18. The van der Waals surface area contributed by atoms with Gasteiger partial charge >= 0.3 is 5.97 Å². The highest BCUT2D eigenvalue weighted by atomic mass is 16.4. The van der Waals surface area contributed by atoms with Crippen molar-refractivity contribution >= 4 is 5.97 Å². The molecule has 1 atom stereocenters. The molecule has 1 aromatic rings. The summed E-state index contributed by atoms with van der Waals surface area (Å²) in [5.41, 5.74) is 0. The van der Waals surface area contributed by atoms with Crippen molar-refractivity contribution in [2.75, 3.05) is 6.54 Å². The lowest BCUT2D eigenvalue weighted by Gasteiger charge is -2.03. The van der Waals surface area contributed by atoms with Crippen LogP contribution in [0.1, 0.15) is 35.3 Å². The molecule has 0 aromatic carbocycles. The Labute approximate surface area is 74.4 Å². The van der Waals surface area contributed by atoms with E-state index in [2.05, 4.69) is 20.5 Å². The Morgan fingerprint density at radius 1 is 1.62 bits per heavy atom. The Hall–Kier alpha value is -1.43. The Kier molecular flexibility index (Phi) is 1.97. The number of carboxylic acids is 1. The summed E-state index contributed by atoms with van der Waals surface area (Å²) in [7, 11) is 0. The maximum atomic E-state index is 10.5. The number of carboxylic acid groups (broad SMARTS) is 1. The van der Waals surface area contributed by atoms with Crippen molar-refractivity contribution in [3.63, 3.8) is 0 Å². The molecule has 1 aliphatic heterocycles. The summed E-state index contributed by atoms with van der Waals surface area (Å²) in [4.78, 5) is 14.3. The van der Waals surface area contributed by atoms with Crippen molar-refractivity contribution in [2.45, 2.75) is 18.9 Å². The van der Waals surface area contributed by atoms with Crippen molar-refractivity contribution in [1.82, 2.24) is 20.5 Å². The summed E-state index contributed by atoms with van der Waals surface area (Å²) in [5.74, 6) is -0.640. The largest absolute Gasteiger partial charge is 0.475 e. The molecule has 13 heavy (non-hydrogen) atoms. The Balaban J connectivity index is 2.16. The lowest BCUT2D eigenvalue weighted by molar-refractivity contribution is 0.0684. The van der Waals surface area contributed by atoms with Gasteiger partial charge in [-0.3, -0.25) is 5.10 Å². The van der Waals surface area contributed by atoms with Gasteiger partial charge in [-0.05, 0) is 19.4 Å². The summed E-state index contributed by atoms with van der Waals surface area (Å²) < 4.78 is 0. The smallest absolute Gasteiger partial charge is 0.375 e. The molecular weight excluding hydrogens is 172 g/mol. The highest BCUT2D eigenvalue weighted by Gasteiger charge is 2.21. The molecule has 0 saturated carbocycles. The van der Waals surface area contributed by atoms with Crippen LogP contribution < -0.4 is 5.32 Å². The third-order valence-corrected chi connectivity index (χ3v) is 2.08. The van der Waals surface area contributed by atoms with Gasteiger partial charge in [0.2, 0.25) is 0 Å². The van der Waals surface area contributed by atoms with Gasteiger partial charge in [-0.15, -0.1) is 5.10 Å². The SMILES string of the molecule is O=C(O)c1n[nH]c([C@@H]2CCCN2)n1. The first-order valence-corrected chi connectivity index (χ1v) is 4.16. The van der Waals surface area contributed by atoms with Gasteiger partial charge in [0.25, 0.3) is 5.82 Å². The predicted molar refractivity (Wildman–Crippen MR) is 43.3 cm³/mol. The third-order valence-electron chi connectivity index (χ3n) is 2.08. The van der Waals surface area contributed by atoms with E-state index in [0.29, 0.717) is 5.82 Å². The highest BCUT2D eigenvalue weighted by Crippen LogP contribution is 2.19. The lowest BCUT2D eigenvalue weighted by atomic mass is 10.2. The van der Waals surface area contributed by atoms with E-state index in [1.54, 1.807) is 0 Å². The Morgan fingerprint density at radius 2 is 2.46 bits per heavy atom. The number of hydrogen-bond acceptors (Lipinski definition) is 4. The number of rotatable bonds is 2. The zero-order valence-electron chi connectivity index (χ0n) is 6.95. The average Bonchev–Trinajstić information content (AvgIpc) is 2.75. The molecule has 3 N–H and O–H groups in total. The minimum absolute atomic E-state index is 0.139. The third kappa shape index (κ3) is 1.52. The standard InChI is InChI=1S/C7H10N4O2/c12-7(13)6-9-5(10-11-6)4-2-1-3-8-4/h4,8H,1-3H2,(H,12,13)(H,9,10,11)/t4-/m0/s1. The fourth-order valence-electron chi connectivity index (χ4n) is 1.44. The molecule has 0 aliphatic carbocycles. The van der Waals surface area contributed by atoms with E-state index in [9.17, 15) is 4.79 Å². The van der Waals surface area contributed by atoms with Gasteiger partial charge < -0.3 is 10.4 Å².